The number of methoxy groups -OCH3 is 2. The van der Waals surface area contributed by atoms with Crippen LogP contribution in [0.2, 0.25) is 0 Å². The van der Waals surface area contributed by atoms with Gasteiger partial charge in [0.05, 0.1) is 31.3 Å². The largest absolute Gasteiger partial charge is 0.497 e. The van der Waals surface area contributed by atoms with Crippen LogP contribution >= 0.6 is 0 Å². The van der Waals surface area contributed by atoms with Crippen LogP contribution in [0.4, 0.5) is 0 Å². The monoisotopic (exact) mass is 359 g/mol. The molecule has 0 spiro atoms. The van der Waals surface area contributed by atoms with Gasteiger partial charge in [0.1, 0.15) is 11.5 Å². The molecule has 0 atom stereocenters. The summed E-state index contributed by atoms with van der Waals surface area (Å²) in [6.45, 7) is 0. The molecule has 0 fully saturated rings. The van der Waals surface area contributed by atoms with Gasteiger partial charge in [-0.1, -0.05) is 0 Å². The van der Waals surface area contributed by atoms with Crippen LogP contribution in [0.5, 0.6) is 11.5 Å². The highest BCUT2D eigenvalue weighted by atomic mass is 16.5. The molecule has 0 saturated carbocycles. The van der Waals surface area contributed by atoms with Crippen LogP contribution in [-0.2, 0) is 7.05 Å². The minimum atomic E-state index is 0.824. The van der Waals surface area contributed by atoms with Crippen LogP contribution in [0.25, 0.3) is 34.0 Å². The van der Waals surface area contributed by atoms with E-state index in [0.717, 1.165) is 45.5 Å². The van der Waals surface area contributed by atoms with Crippen molar-refractivity contribution in [1.29, 1.82) is 0 Å². The molecule has 0 aliphatic rings. The molecule has 0 bridgehead atoms. The third-order valence-electron chi connectivity index (χ3n) is 4.66. The lowest BCUT2D eigenvalue weighted by molar-refractivity contribution is 0.414. The lowest BCUT2D eigenvalue weighted by Crippen LogP contribution is -1.96. The number of rotatable bonds is 5. The van der Waals surface area contributed by atoms with Crippen LogP contribution in [0.1, 0.15) is 0 Å². The van der Waals surface area contributed by atoms with Gasteiger partial charge in [-0.05, 0) is 60.7 Å². The SMILES string of the molecule is COc1ccc(-c2nc(-c3ccc[nH]3)n(C)c2-c2ccc(OC)cc2)cc1. The Morgan fingerprint density at radius 1 is 0.815 bits per heavy atom. The zero-order chi connectivity index (χ0) is 18.8. The Morgan fingerprint density at radius 2 is 1.41 bits per heavy atom. The van der Waals surface area contributed by atoms with E-state index in [0.29, 0.717) is 0 Å². The third kappa shape index (κ3) is 3.08. The summed E-state index contributed by atoms with van der Waals surface area (Å²) in [6, 6.07) is 20.0. The third-order valence-corrected chi connectivity index (χ3v) is 4.66. The van der Waals surface area contributed by atoms with E-state index < -0.39 is 0 Å². The van der Waals surface area contributed by atoms with Gasteiger partial charge in [-0.15, -0.1) is 0 Å². The fourth-order valence-electron chi connectivity index (χ4n) is 3.24. The molecule has 0 aliphatic heterocycles. The number of aromatic nitrogens is 3. The van der Waals surface area contributed by atoms with Gasteiger partial charge < -0.3 is 19.0 Å². The van der Waals surface area contributed by atoms with E-state index in [1.807, 2.05) is 61.8 Å². The van der Waals surface area contributed by atoms with Gasteiger partial charge in [0.15, 0.2) is 5.82 Å². The molecule has 0 aliphatic carbocycles. The molecule has 5 heteroatoms. The van der Waals surface area contributed by atoms with E-state index in [2.05, 4.69) is 21.7 Å². The van der Waals surface area contributed by atoms with E-state index in [1.165, 1.54) is 0 Å². The molecule has 4 aromatic rings. The summed E-state index contributed by atoms with van der Waals surface area (Å²) >= 11 is 0. The van der Waals surface area contributed by atoms with E-state index >= 15 is 0 Å². The molecule has 2 aromatic heterocycles. The second-order valence-corrected chi connectivity index (χ2v) is 6.23. The van der Waals surface area contributed by atoms with Crippen molar-refractivity contribution in [3.63, 3.8) is 0 Å². The van der Waals surface area contributed by atoms with Gasteiger partial charge in [-0.25, -0.2) is 4.98 Å². The van der Waals surface area contributed by atoms with Crippen molar-refractivity contribution in [2.45, 2.75) is 0 Å². The Labute approximate surface area is 158 Å². The van der Waals surface area contributed by atoms with Crippen molar-refractivity contribution in [3.8, 4) is 45.5 Å². The van der Waals surface area contributed by atoms with Gasteiger partial charge >= 0.3 is 0 Å². The van der Waals surface area contributed by atoms with Gasteiger partial charge in [-0.3, -0.25) is 0 Å². The highest BCUT2D eigenvalue weighted by Gasteiger charge is 2.19. The normalized spacial score (nSPS) is 10.8. The average molecular weight is 359 g/mol. The molecule has 2 aromatic carbocycles. The quantitative estimate of drug-likeness (QED) is 0.559. The maximum atomic E-state index is 5.30. The standard InChI is InChI=1S/C22H21N3O2/c1-25-21(16-8-12-18(27-3)13-9-16)20(15-6-10-17(26-2)11-7-15)24-22(25)19-5-4-14-23-19/h4-14,23H,1-3H3. The smallest absolute Gasteiger partial charge is 0.157 e. The summed E-state index contributed by atoms with van der Waals surface area (Å²) in [6.07, 6.45) is 1.91. The number of benzene rings is 2. The first kappa shape index (κ1) is 17.0. The molecule has 0 unspecified atom stereocenters. The minimum Gasteiger partial charge on any atom is -0.497 e. The number of nitrogens with zero attached hydrogens (tertiary/aromatic N) is 2. The molecule has 0 saturated heterocycles. The number of H-pyrrole nitrogens is 1. The van der Waals surface area contributed by atoms with E-state index in [9.17, 15) is 0 Å². The van der Waals surface area contributed by atoms with Gasteiger partial charge in [0, 0.05) is 24.4 Å². The molecule has 4 rings (SSSR count). The lowest BCUT2D eigenvalue weighted by atomic mass is 10.0. The number of hydrogen-bond acceptors (Lipinski definition) is 3. The molecule has 2 heterocycles. The Kier molecular flexibility index (Phi) is 4.42. The molecule has 0 radical (unpaired) electrons. The van der Waals surface area contributed by atoms with Crippen molar-refractivity contribution < 1.29 is 9.47 Å². The van der Waals surface area contributed by atoms with Gasteiger partial charge in [0.2, 0.25) is 0 Å². The molecule has 0 amide bonds. The number of hydrogen-bond donors (Lipinski definition) is 1. The van der Waals surface area contributed by atoms with Crippen LogP contribution in [-0.4, -0.2) is 28.8 Å². The predicted octanol–water partition coefficient (Wildman–Crippen LogP) is 4.77. The summed E-state index contributed by atoms with van der Waals surface area (Å²) in [7, 11) is 5.38. The van der Waals surface area contributed by atoms with E-state index in [-0.39, 0.29) is 0 Å². The Balaban J connectivity index is 1.90. The summed E-state index contributed by atoms with van der Waals surface area (Å²) in [5, 5.41) is 0. The topological polar surface area (TPSA) is 52.1 Å². The second kappa shape index (κ2) is 7.03. The van der Waals surface area contributed by atoms with Gasteiger partial charge in [-0.2, -0.15) is 0 Å². The fraction of sp³-hybridized carbons (Fsp3) is 0.136. The first-order chi connectivity index (χ1) is 13.2. The van der Waals surface area contributed by atoms with Crippen molar-refractivity contribution in [3.05, 3.63) is 66.9 Å². The number of ether oxygens (including phenoxy) is 2. The first-order valence-corrected chi connectivity index (χ1v) is 8.70. The Bertz CT molecular complexity index is 1030. The molecule has 1 N–H and O–H groups in total. The number of imidazole rings is 1. The Hall–Kier alpha value is -3.47. The fourth-order valence-corrected chi connectivity index (χ4v) is 3.24. The highest BCUT2D eigenvalue weighted by Crippen LogP contribution is 2.36. The molecule has 27 heavy (non-hydrogen) atoms. The average Bonchev–Trinajstić information content (AvgIpc) is 3.36. The number of nitrogens with one attached hydrogen (secondary N) is 1. The maximum absolute atomic E-state index is 5.30. The first-order valence-electron chi connectivity index (χ1n) is 8.70. The van der Waals surface area contributed by atoms with Crippen LogP contribution in [0.15, 0.2) is 66.9 Å². The molecule has 5 nitrogen and oxygen atoms in total. The molecular weight excluding hydrogens is 338 g/mol. The van der Waals surface area contributed by atoms with Crippen molar-refractivity contribution in [2.24, 2.45) is 7.05 Å². The summed E-state index contributed by atoms with van der Waals surface area (Å²) in [5.74, 6) is 2.54. The Morgan fingerprint density at radius 3 is 1.93 bits per heavy atom. The molecule has 136 valence electrons. The molecular formula is C22H21N3O2. The van der Waals surface area contributed by atoms with Crippen LogP contribution in [0, 0.1) is 0 Å². The minimum absolute atomic E-state index is 0.824. The van der Waals surface area contributed by atoms with E-state index in [1.54, 1.807) is 14.2 Å². The van der Waals surface area contributed by atoms with Crippen molar-refractivity contribution >= 4 is 0 Å². The number of aromatic amines is 1. The van der Waals surface area contributed by atoms with Crippen LogP contribution in [0.3, 0.4) is 0 Å². The maximum Gasteiger partial charge on any atom is 0.157 e. The van der Waals surface area contributed by atoms with Crippen molar-refractivity contribution in [1.82, 2.24) is 14.5 Å². The van der Waals surface area contributed by atoms with E-state index in [4.69, 9.17) is 14.5 Å². The zero-order valence-corrected chi connectivity index (χ0v) is 15.6. The lowest BCUT2D eigenvalue weighted by Gasteiger charge is -2.09. The predicted molar refractivity (Wildman–Crippen MR) is 107 cm³/mol. The van der Waals surface area contributed by atoms with Crippen LogP contribution < -0.4 is 9.47 Å². The summed E-state index contributed by atoms with van der Waals surface area (Å²) in [4.78, 5) is 8.21. The summed E-state index contributed by atoms with van der Waals surface area (Å²) in [5.41, 5.74) is 5.07. The second-order valence-electron chi connectivity index (χ2n) is 6.23. The zero-order valence-electron chi connectivity index (χ0n) is 15.6. The summed E-state index contributed by atoms with van der Waals surface area (Å²) < 4.78 is 12.7. The van der Waals surface area contributed by atoms with Gasteiger partial charge in [0.25, 0.3) is 0 Å². The van der Waals surface area contributed by atoms with Crippen molar-refractivity contribution in [2.75, 3.05) is 14.2 Å². The highest BCUT2D eigenvalue weighted by molar-refractivity contribution is 5.82.